The van der Waals surface area contributed by atoms with Crippen molar-refractivity contribution in [1.29, 1.82) is 0 Å². The largest absolute Gasteiger partial charge is 0.450 e. The van der Waals surface area contributed by atoms with Crippen molar-refractivity contribution < 1.29 is 19.1 Å². The molecular formula is C19H27NO4. The molecule has 0 aliphatic rings. The smallest absolute Gasteiger partial charge is 0.335 e. The third-order valence-electron chi connectivity index (χ3n) is 3.77. The predicted molar refractivity (Wildman–Crippen MR) is 94.9 cm³/mol. The standard InChI is InChI=1S/C19H27NO4/c1-7-11-23-15(6)19(22)24-17(12(2)3)18(21)20-16-10-8-9-13(4)14(16)5/h7-10,12,15,17H,1,11H2,2-6H3,(H,20,21). The van der Waals surface area contributed by atoms with Gasteiger partial charge < -0.3 is 14.8 Å². The molecule has 1 aromatic carbocycles. The fraction of sp³-hybridized carbons (Fsp3) is 0.474. The highest BCUT2D eigenvalue weighted by Crippen LogP contribution is 2.20. The van der Waals surface area contributed by atoms with Gasteiger partial charge in [0.1, 0.15) is 0 Å². The lowest BCUT2D eigenvalue weighted by Crippen LogP contribution is -2.39. The van der Waals surface area contributed by atoms with Gasteiger partial charge in [0.05, 0.1) is 6.61 Å². The van der Waals surface area contributed by atoms with Crippen LogP contribution in [0, 0.1) is 19.8 Å². The minimum Gasteiger partial charge on any atom is -0.450 e. The molecule has 0 radical (unpaired) electrons. The highest BCUT2D eigenvalue weighted by atomic mass is 16.6. The Morgan fingerprint density at radius 3 is 2.50 bits per heavy atom. The molecule has 5 nitrogen and oxygen atoms in total. The van der Waals surface area contributed by atoms with Crippen LogP contribution in [0.5, 0.6) is 0 Å². The number of benzene rings is 1. The van der Waals surface area contributed by atoms with Crippen LogP contribution in [-0.2, 0) is 19.1 Å². The number of amides is 1. The first-order chi connectivity index (χ1) is 11.3. The minimum absolute atomic E-state index is 0.161. The molecule has 0 saturated heterocycles. The van der Waals surface area contributed by atoms with E-state index in [9.17, 15) is 9.59 Å². The molecule has 24 heavy (non-hydrogen) atoms. The van der Waals surface area contributed by atoms with Gasteiger partial charge in [-0.1, -0.05) is 32.1 Å². The molecule has 0 aliphatic carbocycles. The minimum atomic E-state index is -0.882. The van der Waals surface area contributed by atoms with Gasteiger partial charge in [0.15, 0.2) is 12.2 Å². The maximum absolute atomic E-state index is 12.5. The van der Waals surface area contributed by atoms with E-state index < -0.39 is 18.2 Å². The van der Waals surface area contributed by atoms with Crippen LogP contribution >= 0.6 is 0 Å². The van der Waals surface area contributed by atoms with Gasteiger partial charge in [0, 0.05) is 5.69 Å². The molecule has 1 rings (SSSR count). The maximum atomic E-state index is 12.5. The Labute approximate surface area is 144 Å². The number of esters is 1. The molecule has 0 bridgehead atoms. The highest BCUT2D eigenvalue weighted by molar-refractivity contribution is 5.96. The Hall–Kier alpha value is -2.14. The summed E-state index contributed by atoms with van der Waals surface area (Å²) in [6, 6.07) is 5.68. The first kappa shape index (κ1) is 19.9. The molecule has 1 aromatic rings. The number of rotatable bonds is 8. The van der Waals surface area contributed by atoms with Gasteiger partial charge in [-0.3, -0.25) is 4.79 Å². The molecule has 1 N–H and O–H groups in total. The fourth-order valence-corrected chi connectivity index (χ4v) is 2.08. The second-order valence-electron chi connectivity index (χ2n) is 6.10. The summed E-state index contributed by atoms with van der Waals surface area (Å²) in [5.41, 5.74) is 2.79. The molecule has 0 fully saturated rings. The van der Waals surface area contributed by atoms with Crippen LogP contribution in [0.3, 0.4) is 0 Å². The SMILES string of the molecule is C=CCOC(C)C(=O)OC(C(=O)Nc1cccc(C)c1C)C(C)C. The van der Waals surface area contributed by atoms with Crippen molar-refractivity contribution in [3.05, 3.63) is 42.0 Å². The monoisotopic (exact) mass is 333 g/mol. The summed E-state index contributed by atoms with van der Waals surface area (Å²) in [5, 5.41) is 2.85. The number of carbonyl (C=O) groups excluding carboxylic acids is 2. The number of nitrogens with one attached hydrogen (secondary N) is 1. The second-order valence-corrected chi connectivity index (χ2v) is 6.10. The summed E-state index contributed by atoms with van der Waals surface area (Å²) in [5.74, 6) is -1.07. The van der Waals surface area contributed by atoms with Crippen LogP contribution in [0.1, 0.15) is 31.9 Å². The average molecular weight is 333 g/mol. The van der Waals surface area contributed by atoms with Crippen LogP contribution in [0.2, 0.25) is 0 Å². The second kappa shape index (κ2) is 9.23. The summed E-state index contributed by atoms with van der Waals surface area (Å²) in [6.45, 7) is 12.9. The van der Waals surface area contributed by atoms with Gasteiger partial charge >= 0.3 is 5.97 Å². The highest BCUT2D eigenvalue weighted by Gasteiger charge is 2.29. The molecule has 0 aliphatic heterocycles. The lowest BCUT2D eigenvalue weighted by atomic mass is 10.0. The fourth-order valence-electron chi connectivity index (χ4n) is 2.08. The van der Waals surface area contributed by atoms with Crippen molar-refractivity contribution in [2.24, 2.45) is 5.92 Å². The van der Waals surface area contributed by atoms with Gasteiger partial charge in [0.25, 0.3) is 5.91 Å². The average Bonchev–Trinajstić information content (AvgIpc) is 2.53. The number of hydrogen-bond acceptors (Lipinski definition) is 4. The van der Waals surface area contributed by atoms with Crippen LogP contribution in [-0.4, -0.2) is 30.7 Å². The molecule has 0 saturated carbocycles. The van der Waals surface area contributed by atoms with E-state index in [0.29, 0.717) is 0 Å². The van der Waals surface area contributed by atoms with Crippen molar-refractivity contribution in [3.63, 3.8) is 0 Å². The Balaban J connectivity index is 2.80. The third kappa shape index (κ3) is 5.49. The van der Waals surface area contributed by atoms with Crippen molar-refractivity contribution in [2.45, 2.75) is 46.8 Å². The zero-order valence-electron chi connectivity index (χ0n) is 15.1. The summed E-state index contributed by atoms with van der Waals surface area (Å²) in [4.78, 5) is 24.6. The number of hydrogen-bond donors (Lipinski definition) is 1. The normalized spacial score (nSPS) is 13.2. The van der Waals surface area contributed by atoms with E-state index in [-0.39, 0.29) is 18.4 Å². The summed E-state index contributed by atoms with van der Waals surface area (Å²) in [6.07, 6.45) is -0.0818. The van der Waals surface area contributed by atoms with Crippen LogP contribution in [0.25, 0.3) is 0 Å². The zero-order chi connectivity index (χ0) is 18.3. The third-order valence-corrected chi connectivity index (χ3v) is 3.77. The van der Waals surface area contributed by atoms with Crippen molar-refractivity contribution in [2.75, 3.05) is 11.9 Å². The summed E-state index contributed by atoms with van der Waals surface area (Å²) >= 11 is 0. The molecule has 2 unspecified atom stereocenters. The van der Waals surface area contributed by atoms with Crippen molar-refractivity contribution in [1.82, 2.24) is 0 Å². The number of anilines is 1. The molecule has 0 aromatic heterocycles. The molecular weight excluding hydrogens is 306 g/mol. The summed E-state index contributed by atoms with van der Waals surface area (Å²) < 4.78 is 10.6. The van der Waals surface area contributed by atoms with E-state index in [1.807, 2.05) is 45.9 Å². The number of ether oxygens (including phenoxy) is 2. The maximum Gasteiger partial charge on any atom is 0.335 e. The van der Waals surface area contributed by atoms with Crippen molar-refractivity contribution >= 4 is 17.6 Å². The van der Waals surface area contributed by atoms with Gasteiger partial charge in [-0.05, 0) is 43.9 Å². The lowest BCUT2D eigenvalue weighted by Gasteiger charge is -2.23. The molecule has 5 heteroatoms. The van der Waals surface area contributed by atoms with E-state index in [4.69, 9.17) is 9.47 Å². The van der Waals surface area contributed by atoms with E-state index in [1.54, 1.807) is 13.0 Å². The Morgan fingerprint density at radius 1 is 1.25 bits per heavy atom. The van der Waals surface area contributed by atoms with E-state index >= 15 is 0 Å². The van der Waals surface area contributed by atoms with Gasteiger partial charge in [0.2, 0.25) is 0 Å². The topological polar surface area (TPSA) is 64.6 Å². The Morgan fingerprint density at radius 2 is 1.92 bits per heavy atom. The Kier molecular flexibility index (Phi) is 7.65. The molecule has 2 atom stereocenters. The molecule has 0 spiro atoms. The van der Waals surface area contributed by atoms with Crippen LogP contribution < -0.4 is 5.32 Å². The molecule has 0 heterocycles. The Bertz CT molecular complexity index is 595. The number of carbonyl (C=O) groups is 2. The predicted octanol–water partition coefficient (Wildman–Crippen LogP) is 3.40. The molecule has 1 amide bonds. The van der Waals surface area contributed by atoms with Gasteiger partial charge in [-0.2, -0.15) is 0 Å². The van der Waals surface area contributed by atoms with Crippen LogP contribution in [0.4, 0.5) is 5.69 Å². The summed E-state index contributed by atoms with van der Waals surface area (Å²) in [7, 11) is 0. The molecule has 132 valence electrons. The quantitative estimate of drug-likeness (QED) is 0.585. The van der Waals surface area contributed by atoms with E-state index in [2.05, 4.69) is 11.9 Å². The van der Waals surface area contributed by atoms with Gasteiger partial charge in [-0.25, -0.2) is 4.79 Å². The van der Waals surface area contributed by atoms with Gasteiger partial charge in [-0.15, -0.1) is 6.58 Å². The number of aryl methyl sites for hydroxylation is 1. The van der Waals surface area contributed by atoms with E-state index in [0.717, 1.165) is 16.8 Å². The first-order valence-electron chi connectivity index (χ1n) is 8.08. The van der Waals surface area contributed by atoms with E-state index in [1.165, 1.54) is 0 Å². The lowest BCUT2D eigenvalue weighted by molar-refractivity contribution is -0.166. The zero-order valence-corrected chi connectivity index (χ0v) is 15.1. The first-order valence-corrected chi connectivity index (χ1v) is 8.08. The van der Waals surface area contributed by atoms with Crippen molar-refractivity contribution in [3.8, 4) is 0 Å². The van der Waals surface area contributed by atoms with Crippen LogP contribution in [0.15, 0.2) is 30.9 Å².